The van der Waals surface area contributed by atoms with Crippen LogP contribution >= 0.6 is 11.6 Å². The highest BCUT2D eigenvalue weighted by Gasteiger charge is 2.02. The summed E-state index contributed by atoms with van der Waals surface area (Å²) in [6, 6.07) is 13.8. The van der Waals surface area contributed by atoms with Crippen molar-refractivity contribution < 1.29 is 4.39 Å². The van der Waals surface area contributed by atoms with Gasteiger partial charge in [0.1, 0.15) is 5.82 Å². The zero-order chi connectivity index (χ0) is 16.8. The zero-order valence-electron chi connectivity index (χ0n) is 12.7. The predicted molar refractivity (Wildman–Crippen MR) is 93.2 cm³/mol. The SMILES string of the molecule is Fc1cccc(Nc2nncc(NCCc3cccc(Cl)c3)n2)c1. The molecule has 5 nitrogen and oxygen atoms in total. The van der Waals surface area contributed by atoms with E-state index in [0.29, 0.717) is 24.0 Å². The van der Waals surface area contributed by atoms with Crippen molar-refractivity contribution in [3.05, 3.63) is 71.1 Å². The second kappa shape index (κ2) is 7.70. The summed E-state index contributed by atoms with van der Waals surface area (Å²) in [5.74, 6) is 0.558. The van der Waals surface area contributed by atoms with Crippen molar-refractivity contribution in [2.45, 2.75) is 6.42 Å². The van der Waals surface area contributed by atoms with Gasteiger partial charge in [-0.05, 0) is 42.3 Å². The van der Waals surface area contributed by atoms with Crippen molar-refractivity contribution >= 4 is 29.1 Å². The number of nitrogens with one attached hydrogen (secondary N) is 2. The maximum absolute atomic E-state index is 13.2. The van der Waals surface area contributed by atoms with E-state index in [1.807, 2.05) is 24.3 Å². The quantitative estimate of drug-likeness (QED) is 0.706. The van der Waals surface area contributed by atoms with Crippen LogP contribution in [0.3, 0.4) is 0 Å². The van der Waals surface area contributed by atoms with E-state index >= 15 is 0 Å². The number of nitrogens with zero attached hydrogens (tertiary/aromatic N) is 3. The maximum atomic E-state index is 13.2. The third-order valence-electron chi connectivity index (χ3n) is 3.25. The molecule has 24 heavy (non-hydrogen) atoms. The van der Waals surface area contributed by atoms with Gasteiger partial charge in [-0.15, -0.1) is 5.10 Å². The molecule has 0 fully saturated rings. The fourth-order valence-electron chi connectivity index (χ4n) is 2.16. The van der Waals surface area contributed by atoms with Gasteiger partial charge in [0, 0.05) is 17.3 Å². The van der Waals surface area contributed by atoms with Gasteiger partial charge in [0.05, 0.1) is 6.20 Å². The van der Waals surface area contributed by atoms with Crippen LogP contribution in [0, 0.1) is 5.82 Å². The number of hydrogen-bond acceptors (Lipinski definition) is 5. The molecule has 0 unspecified atom stereocenters. The summed E-state index contributed by atoms with van der Waals surface area (Å²) in [4.78, 5) is 4.30. The number of halogens is 2. The molecule has 0 radical (unpaired) electrons. The maximum Gasteiger partial charge on any atom is 0.249 e. The van der Waals surface area contributed by atoms with Crippen LogP contribution in [0.2, 0.25) is 5.02 Å². The molecule has 0 spiro atoms. The Morgan fingerprint density at radius 1 is 1.08 bits per heavy atom. The Kier molecular flexibility index (Phi) is 5.18. The molecule has 0 atom stereocenters. The van der Waals surface area contributed by atoms with E-state index in [1.54, 1.807) is 12.1 Å². The first kappa shape index (κ1) is 16.1. The Morgan fingerprint density at radius 3 is 2.79 bits per heavy atom. The molecule has 122 valence electrons. The Bertz CT molecular complexity index is 827. The molecule has 0 aliphatic rings. The molecule has 3 aromatic rings. The summed E-state index contributed by atoms with van der Waals surface area (Å²) in [5.41, 5.74) is 1.70. The third kappa shape index (κ3) is 4.63. The van der Waals surface area contributed by atoms with Gasteiger partial charge in [-0.3, -0.25) is 0 Å². The van der Waals surface area contributed by atoms with Crippen LogP contribution in [-0.2, 0) is 6.42 Å². The topological polar surface area (TPSA) is 62.7 Å². The Morgan fingerprint density at radius 2 is 1.96 bits per heavy atom. The fraction of sp³-hybridized carbons (Fsp3) is 0.118. The number of benzene rings is 2. The van der Waals surface area contributed by atoms with Crippen LogP contribution in [0.5, 0.6) is 0 Å². The lowest BCUT2D eigenvalue weighted by Crippen LogP contribution is -2.08. The molecule has 1 heterocycles. The highest BCUT2D eigenvalue weighted by atomic mass is 35.5. The van der Waals surface area contributed by atoms with E-state index < -0.39 is 0 Å². The van der Waals surface area contributed by atoms with E-state index in [9.17, 15) is 4.39 Å². The molecule has 7 heteroatoms. The van der Waals surface area contributed by atoms with Crippen LogP contribution in [0.15, 0.2) is 54.7 Å². The minimum Gasteiger partial charge on any atom is -0.368 e. The number of anilines is 3. The lowest BCUT2D eigenvalue weighted by atomic mass is 10.1. The molecule has 0 amide bonds. The Hall–Kier alpha value is -2.73. The second-order valence-corrected chi connectivity index (χ2v) is 5.54. The van der Waals surface area contributed by atoms with Crippen molar-refractivity contribution in [2.75, 3.05) is 17.2 Å². The molecular formula is C17H15ClFN5. The van der Waals surface area contributed by atoms with Gasteiger partial charge >= 0.3 is 0 Å². The van der Waals surface area contributed by atoms with Gasteiger partial charge in [-0.1, -0.05) is 29.8 Å². The summed E-state index contributed by atoms with van der Waals surface area (Å²) < 4.78 is 13.2. The summed E-state index contributed by atoms with van der Waals surface area (Å²) >= 11 is 5.96. The van der Waals surface area contributed by atoms with E-state index in [1.165, 1.54) is 18.3 Å². The summed E-state index contributed by atoms with van der Waals surface area (Å²) in [7, 11) is 0. The molecule has 0 bridgehead atoms. The van der Waals surface area contributed by atoms with Crippen molar-refractivity contribution in [2.24, 2.45) is 0 Å². The molecule has 1 aromatic heterocycles. The van der Waals surface area contributed by atoms with Gasteiger partial charge < -0.3 is 10.6 Å². The normalized spacial score (nSPS) is 10.4. The average molecular weight is 344 g/mol. The molecule has 0 saturated carbocycles. The Balaban J connectivity index is 1.59. The molecular weight excluding hydrogens is 329 g/mol. The Labute approximate surface area is 143 Å². The summed E-state index contributed by atoms with van der Waals surface area (Å²) in [5, 5.41) is 14.6. The second-order valence-electron chi connectivity index (χ2n) is 5.11. The van der Waals surface area contributed by atoms with E-state index in [4.69, 9.17) is 11.6 Å². The summed E-state index contributed by atoms with van der Waals surface area (Å²) in [6.45, 7) is 0.679. The van der Waals surface area contributed by atoms with Crippen molar-refractivity contribution in [3.8, 4) is 0 Å². The van der Waals surface area contributed by atoms with Crippen LogP contribution in [-0.4, -0.2) is 21.7 Å². The van der Waals surface area contributed by atoms with Crippen molar-refractivity contribution in [3.63, 3.8) is 0 Å². The first-order valence-corrected chi connectivity index (χ1v) is 7.77. The number of hydrogen-bond donors (Lipinski definition) is 2. The first-order valence-electron chi connectivity index (χ1n) is 7.40. The van der Waals surface area contributed by atoms with Crippen molar-refractivity contribution in [1.29, 1.82) is 0 Å². The molecule has 0 saturated heterocycles. The number of aromatic nitrogens is 3. The van der Waals surface area contributed by atoms with Gasteiger partial charge in [0.25, 0.3) is 0 Å². The van der Waals surface area contributed by atoms with E-state index in [-0.39, 0.29) is 5.82 Å². The molecule has 0 aliphatic heterocycles. The lowest BCUT2D eigenvalue weighted by Gasteiger charge is -2.08. The van der Waals surface area contributed by atoms with Crippen molar-refractivity contribution in [1.82, 2.24) is 15.2 Å². The third-order valence-corrected chi connectivity index (χ3v) is 3.48. The predicted octanol–water partition coefficient (Wildman–Crippen LogP) is 4.06. The largest absolute Gasteiger partial charge is 0.368 e. The minimum atomic E-state index is -0.330. The highest BCUT2D eigenvalue weighted by Crippen LogP contribution is 2.15. The zero-order valence-corrected chi connectivity index (χ0v) is 13.5. The number of rotatable bonds is 6. The average Bonchev–Trinajstić information content (AvgIpc) is 2.55. The van der Waals surface area contributed by atoms with Gasteiger partial charge in [0.2, 0.25) is 5.95 Å². The van der Waals surface area contributed by atoms with Gasteiger partial charge in [-0.2, -0.15) is 10.1 Å². The van der Waals surface area contributed by atoms with Gasteiger partial charge in [-0.25, -0.2) is 4.39 Å². The van der Waals surface area contributed by atoms with E-state index in [0.717, 1.165) is 17.0 Å². The summed E-state index contributed by atoms with van der Waals surface area (Å²) in [6.07, 6.45) is 2.34. The van der Waals surface area contributed by atoms with Crippen LogP contribution in [0.1, 0.15) is 5.56 Å². The smallest absolute Gasteiger partial charge is 0.249 e. The van der Waals surface area contributed by atoms with Crippen LogP contribution in [0.4, 0.5) is 21.8 Å². The van der Waals surface area contributed by atoms with Crippen LogP contribution < -0.4 is 10.6 Å². The van der Waals surface area contributed by atoms with E-state index in [2.05, 4.69) is 25.8 Å². The fourth-order valence-corrected chi connectivity index (χ4v) is 2.38. The van der Waals surface area contributed by atoms with Gasteiger partial charge in [0.15, 0.2) is 5.82 Å². The molecule has 2 N–H and O–H groups in total. The molecule has 0 aliphatic carbocycles. The first-order chi connectivity index (χ1) is 11.7. The molecule has 3 rings (SSSR count). The minimum absolute atomic E-state index is 0.299. The molecule has 2 aromatic carbocycles. The lowest BCUT2D eigenvalue weighted by molar-refractivity contribution is 0.628. The monoisotopic (exact) mass is 343 g/mol. The van der Waals surface area contributed by atoms with Crippen LogP contribution in [0.25, 0.3) is 0 Å². The highest BCUT2D eigenvalue weighted by molar-refractivity contribution is 6.30. The standard InChI is InChI=1S/C17H15ClFN5/c18-13-4-1-3-12(9-13)7-8-20-16-11-21-24-17(23-16)22-15-6-2-5-14(19)10-15/h1-6,9-11H,7-8H2,(H2,20,22,23,24).